The molecule has 214 valence electrons. The molecule has 1 N–H and O–H groups in total. The van der Waals surface area contributed by atoms with Crippen molar-refractivity contribution < 1.29 is 22.8 Å². The maximum atomic E-state index is 13.5. The van der Waals surface area contributed by atoms with Crippen LogP contribution in [0.25, 0.3) is 22.6 Å². The van der Waals surface area contributed by atoms with Crippen LogP contribution < -0.4 is 5.32 Å². The first-order valence-corrected chi connectivity index (χ1v) is 13.4. The van der Waals surface area contributed by atoms with Gasteiger partial charge in [-0.2, -0.15) is 8.78 Å². The zero-order valence-corrected chi connectivity index (χ0v) is 22.5. The number of tetrazole rings is 1. The van der Waals surface area contributed by atoms with Crippen LogP contribution in [0.15, 0.2) is 71.3 Å². The van der Waals surface area contributed by atoms with Crippen molar-refractivity contribution in [1.29, 1.82) is 0 Å². The van der Waals surface area contributed by atoms with Gasteiger partial charge < -0.3 is 9.73 Å². The number of aromatic nitrogens is 6. The SMILES string of the molecule is CC(=O)Nc1ccc2oc(-c3ccnc(C(=O)C4CCN([C@H](c5ccccc5)c5nnn(C(F)F)n5)CC4)c3)nc2c1. The quantitative estimate of drug-likeness (QED) is 0.258. The summed E-state index contributed by atoms with van der Waals surface area (Å²) in [6.45, 7) is -0.398. The fourth-order valence-corrected chi connectivity index (χ4v) is 5.25. The number of nitrogens with one attached hydrogen (secondary N) is 1. The van der Waals surface area contributed by atoms with Gasteiger partial charge in [0.2, 0.25) is 11.8 Å². The van der Waals surface area contributed by atoms with Gasteiger partial charge in [-0.05, 0) is 67.0 Å². The van der Waals surface area contributed by atoms with Gasteiger partial charge in [0, 0.05) is 30.3 Å². The van der Waals surface area contributed by atoms with E-state index in [0.717, 1.165) is 5.56 Å². The number of fused-ring (bicyclic) bond motifs is 1. The third kappa shape index (κ3) is 5.63. The van der Waals surface area contributed by atoms with E-state index < -0.39 is 12.6 Å². The summed E-state index contributed by atoms with van der Waals surface area (Å²) in [5, 5.41) is 14.1. The Bertz CT molecular complexity index is 1730. The van der Waals surface area contributed by atoms with Crippen LogP contribution in [0.3, 0.4) is 0 Å². The van der Waals surface area contributed by atoms with Gasteiger partial charge in [-0.3, -0.25) is 19.5 Å². The first kappa shape index (κ1) is 27.3. The van der Waals surface area contributed by atoms with Crippen LogP contribution in [0.2, 0.25) is 0 Å². The number of alkyl halides is 2. The largest absolute Gasteiger partial charge is 0.436 e. The molecule has 1 atom stereocenters. The number of rotatable bonds is 8. The van der Waals surface area contributed by atoms with Crippen LogP contribution in [0.1, 0.15) is 54.2 Å². The Hall–Kier alpha value is -4.91. The predicted molar refractivity (Wildman–Crippen MR) is 148 cm³/mol. The number of halogens is 2. The van der Waals surface area contributed by atoms with Crippen LogP contribution in [0.5, 0.6) is 0 Å². The lowest BCUT2D eigenvalue weighted by atomic mass is 9.89. The van der Waals surface area contributed by atoms with Gasteiger partial charge >= 0.3 is 6.55 Å². The molecule has 0 spiro atoms. The highest BCUT2D eigenvalue weighted by atomic mass is 19.3. The van der Waals surface area contributed by atoms with Crippen molar-refractivity contribution in [2.75, 3.05) is 18.4 Å². The molecule has 1 amide bonds. The molecule has 0 unspecified atom stereocenters. The molecule has 1 fully saturated rings. The van der Waals surface area contributed by atoms with Crippen molar-refractivity contribution in [3.63, 3.8) is 0 Å². The maximum Gasteiger partial charge on any atom is 0.350 e. The number of ketones is 1. The maximum absolute atomic E-state index is 13.5. The Morgan fingerprint density at radius 1 is 1.05 bits per heavy atom. The predicted octanol–water partition coefficient (Wildman–Crippen LogP) is 4.91. The van der Waals surface area contributed by atoms with E-state index in [-0.39, 0.29) is 23.4 Å². The van der Waals surface area contributed by atoms with Crippen LogP contribution >= 0.6 is 0 Å². The number of carbonyl (C=O) groups excluding carboxylic acids is 2. The van der Waals surface area contributed by atoms with Crippen molar-refractivity contribution in [2.24, 2.45) is 5.92 Å². The van der Waals surface area contributed by atoms with E-state index in [0.29, 0.717) is 64.7 Å². The summed E-state index contributed by atoms with van der Waals surface area (Å²) < 4.78 is 32.2. The second kappa shape index (κ2) is 11.5. The number of piperidine rings is 1. The molecule has 11 nitrogen and oxygen atoms in total. The monoisotopic (exact) mass is 572 g/mol. The van der Waals surface area contributed by atoms with Crippen LogP contribution in [-0.4, -0.2) is 59.9 Å². The summed E-state index contributed by atoms with van der Waals surface area (Å²) in [6.07, 6.45) is 2.65. The molecule has 13 heteroatoms. The van der Waals surface area contributed by atoms with E-state index in [1.165, 1.54) is 6.92 Å². The lowest BCUT2D eigenvalue weighted by Gasteiger charge is -2.35. The molecule has 1 aliphatic rings. The number of carbonyl (C=O) groups is 2. The fraction of sp³-hybridized carbons (Fsp3) is 0.276. The summed E-state index contributed by atoms with van der Waals surface area (Å²) in [5.74, 6) is -0.0185. The lowest BCUT2D eigenvalue weighted by molar-refractivity contribution is -0.114. The summed E-state index contributed by atoms with van der Waals surface area (Å²) in [5.41, 5.74) is 3.51. The highest BCUT2D eigenvalue weighted by molar-refractivity contribution is 5.97. The number of hydrogen-bond donors (Lipinski definition) is 1. The van der Waals surface area contributed by atoms with Gasteiger partial charge in [0.1, 0.15) is 11.2 Å². The summed E-state index contributed by atoms with van der Waals surface area (Å²) in [6, 6.07) is 17.5. The van der Waals surface area contributed by atoms with E-state index in [2.05, 4.69) is 35.6 Å². The zero-order chi connectivity index (χ0) is 29.2. The number of pyridine rings is 1. The van der Waals surface area contributed by atoms with Gasteiger partial charge in [0.25, 0.3) is 0 Å². The number of likely N-dealkylation sites (tertiary alicyclic amines) is 1. The standard InChI is InChI=1S/C29H26F2N8O3/c1-17(40)33-21-7-8-24-22(16-21)34-28(42-24)20-9-12-32-23(15-20)26(41)19-10-13-38(14-11-19)25(18-5-3-2-4-6-18)27-35-37-39(36-27)29(30)31/h2-9,12,15-16,19,25,29H,10-11,13-14H2,1H3,(H,33,40)/t25-/m1/s1. The molecule has 5 aromatic rings. The minimum atomic E-state index is -2.88. The average molecular weight is 573 g/mol. The highest BCUT2D eigenvalue weighted by Crippen LogP contribution is 2.32. The highest BCUT2D eigenvalue weighted by Gasteiger charge is 2.33. The van der Waals surface area contributed by atoms with E-state index in [9.17, 15) is 18.4 Å². The van der Waals surface area contributed by atoms with Gasteiger partial charge in [-0.15, -0.1) is 10.2 Å². The topological polar surface area (TPSA) is 132 Å². The van der Waals surface area contributed by atoms with Crippen molar-refractivity contribution in [3.05, 3.63) is 83.9 Å². The van der Waals surface area contributed by atoms with E-state index in [4.69, 9.17) is 4.42 Å². The van der Waals surface area contributed by atoms with Crippen LogP contribution in [0, 0.1) is 5.92 Å². The molecule has 1 aliphatic heterocycles. The zero-order valence-electron chi connectivity index (χ0n) is 22.5. The van der Waals surface area contributed by atoms with E-state index in [1.54, 1.807) is 36.5 Å². The molecule has 42 heavy (non-hydrogen) atoms. The smallest absolute Gasteiger partial charge is 0.350 e. The van der Waals surface area contributed by atoms with Gasteiger partial charge in [-0.25, -0.2) is 4.98 Å². The number of nitrogens with zero attached hydrogens (tertiary/aromatic N) is 7. The average Bonchev–Trinajstić information content (AvgIpc) is 3.66. The lowest BCUT2D eigenvalue weighted by Crippen LogP contribution is -2.39. The number of hydrogen-bond acceptors (Lipinski definition) is 9. The summed E-state index contributed by atoms with van der Waals surface area (Å²) >= 11 is 0. The number of oxazole rings is 1. The van der Waals surface area contributed by atoms with E-state index in [1.807, 2.05) is 30.3 Å². The van der Waals surface area contributed by atoms with Gasteiger partial charge in [-0.1, -0.05) is 35.1 Å². The molecule has 0 radical (unpaired) electrons. The third-order valence-corrected chi connectivity index (χ3v) is 7.21. The Balaban J connectivity index is 1.18. The summed E-state index contributed by atoms with van der Waals surface area (Å²) in [7, 11) is 0. The molecule has 2 aromatic carbocycles. The normalized spacial score (nSPS) is 15.2. The fourth-order valence-electron chi connectivity index (χ4n) is 5.25. The first-order chi connectivity index (χ1) is 20.4. The second-order valence-electron chi connectivity index (χ2n) is 10.0. The minimum absolute atomic E-state index is 0.0846. The third-order valence-electron chi connectivity index (χ3n) is 7.21. The molecular formula is C29H26F2N8O3. The van der Waals surface area contributed by atoms with Gasteiger partial charge in [0.05, 0.1) is 6.04 Å². The Labute approximate surface area is 238 Å². The van der Waals surface area contributed by atoms with Gasteiger partial charge in [0.15, 0.2) is 17.2 Å². The number of amides is 1. The van der Waals surface area contributed by atoms with E-state index >= 15 is 0 Å². The molecule has 3 aromatic heterocycles. The van der Waals surface area contributed by atoms with Crippen molar-refractivity contribution in [1.82, 2.24) is 35.1 Å². The van der Waals surface area contributed by atoms with Crippen molar-refractivity contribution >= 4 is 28.5 Å². The molecular weight excluding hydrogens is 546 g/mol. The van der Waals surface area contributed by atoms with Crippen LogP contribution in [0.4, 0.5) is 14.5 Å². The molecule has 1 saturated heterocycles. The molecule has 4 heterocycles. The number of anilines is 1. The number of benzene rings is 2. The Morgan fingerprint density at radius 2 is 1.83 bits per heavy atom. The Morgan fingerprint density at radius 3 is 2.55 bits per heavy atom. The summed E-state index contributed by atoms with van der Waals surface area (Å²) in [4.78, 5) is 36.1. The number of Topliss-reactive ketones (excluding diaryl/α,β-unsaturated/α-hetero) is 1. The first-order valence-electron chi connectivity index (χ1n) is 13.4. The molecule has 6 rings (SSSR count). The molecule has 0 aliphatic carbocycles. The molecule has 0 bridgehead atoms. The second-order valence-corrected chi connectivity index (χ2v) is 10.0. The van der Waals surface area contributed by atoms with Crippen molar-refractivity contribution in [2.45, 2.75) is 32.4 Å². The molecule has 0 saturated carbocycles. The Kier molecular flexibility index (Phi) is 7.48. The van der Waals surface area contributed by atoms with Crippen molar-refractivity contribution in [3.8, 4) is 11.5 Å². The minimum Gasteiger partial charge on any atom is -0.436 e. The van der Waals surface area contributed by atoms with Crippen LogP contribution in [-0.2, 0) is 4.79 Å².